The largest absolute Gasteiger partial charge is 0.459 e. The lowest BCUT2D eigenvalue weighted by atomic mass is 9.97. The van der Waals surface area contributed by atoms with Gasteiger partial charge >= 0.3 is 5.97 Å². The van der Waals surface area contributed by atoms with E-state index in [0.29, 0.717) is 5.69 Å². The number of ketones is 1. The predicted octanol–water partition coefficient (Wildman–Crippen LogP) is 3.43. The number of ether oxygens (including phenoxy) is 1. The van der Waals surface area contributed by atoms with Gasteiger partial charge in [0.1, 0.15) is 5.69 Å². The van der Waals surface area contributed by atoms with E-state index in [1.165, 1.54) is 30.3 Å². The van der Waals surface area contributed by atoms with Crippen molar-refractivity contribution in [2.45, 2.75) is 20.0 Å². The molecule has 1 N–H and O–H groups in total. The lowest BCUT2D eigenvalue weighted by Gasteiger charge is -2.11. The molecule has 0 saturated heterocycles. The van der Waals surface area contributed by atoms with E-state index in [1.54, 1.807) is 33.0 Å². The third-order valence-electron chi connectivity index (χ3n) is 3.46. The number of nitrogens with one attached hydrogen (secondary N) is 1. The van der Waals surface area contributed by atoms with Gasteiger partial charge in [0, 0.05) is 24.2 Å². The number of carbonyl (C=O) groups excluding carboxylic acids is 2. The second kappa shape index (κ2) is 7.57. The number of nitro benzene ring substituents is 1. The Morgan fingerprint density at radius 3 is 2.32 bits per heavy atom. The van der Waals surface area contributed by atoms with Crippen molar-refractivity contribution >= 4 is 23.1 Å². The molecule has 0 atom stereocenters. The van der Waals surface area contributed by atoms with Crippen molar-refractivity contribution in [1.82, 2.24) is 0 Å². The zero-order valence-electron chi connectivity index (χ0n) is 14.1. The van der Waals surface area contributed by atoms with Gasteiger partial charge in [0.25, 0.3) is 5.69 Å². The van der Waals surface area contributed by atoms with E-state index < -0.39 is 16.7 Å². The average Bonchev–Trinajstić information content (AvgIpc) is 2.59. The number of rotatable bonds is 6. The zero-order valence-corrected chi connectivity index (χ0v) is 14.1. The molecule has 7 nitrogen and oxygen atoms in total. The molecule has 0 saturated carbocycles. The number of hydrogen-bond donors (Lipinski definition) is 1. The van der Waals surface area contributed by atoms with Crippen LogP contribution in [0.15, 0.2) is 42.5 Å². The maximum atomic E-state index is 12.8. The number of nitrogens with zero attached hydrogens (tertiary/aromatic N) is 1. The number of carbonyl (C=O) groups is 2. The van der Waals surface area contributed by atoms with Crippen molar-refractivity contribution in [3.63, 3.8) is 0 Å². The molecule has 7 heteroatoms. The van der Waals surface area contributed by atoms with Crippen LogP contribution in [0.5, 0.6) is 0 Å². The smallest absolute Gasteiger partial charge is 0.339 e. The third-order valence-corrected chi connectivity index (χ3v) is 3.46. The molecule has 0 aliphatic heterocycles. The molecule has 130 valence electrons. The van der Waals surface area contributed by atoms with Gasteiger partial charge in [-0.2, -0.15) is 0 Å². The van der Waals surface area contributed by atoms with Gasteiger partial charge in [-0.3, -0.25) is 14.9 Å². The normalized spacial score (nSPS) is 10.4. The standard InChI is InChI=1S/C18H18N2O5/c1-11(2)25-18(22)14-7-5-4-6-13(14)17(21)12-8-9-15(19-3)16(10-12)20(23)24/h4-11,19H,1-3H3. The van der Waals surface area contributed by atoms with E-state index in [2.05, 4.69) is 5.32 Å². The van der Waals surface area contributed by atoms with E-state index in [-0.39, 0.29) is 28.5 Å². The van der Waals surface area contributed by atoms with E-state index in [1.807, 2.05) is 0 Å². The van der Waals surface area contributed by atoms with Crippen LogP contribution in [0.4, 0.5) is 11.4 Å². The van der Waals surface area contributed by atoms with Crippen molar-refractivity contribution in [2.24, 2.45) is 0 Å². The van der Waals surface area contributed by atoms with Crippen LogP contribution in [0.2, 0.25) is 0 Å². The predicted molar refractivity (Wildman–Crippen MR) is 93.1 cm³/mol. The molecule has 0 amide bonds. The number of benzene rings is 2. The molecule has 0 unspecified atom stereocenters. The summed E-state index contributed by atoms with van der Waals surface area (Å²) in [6, 6.07) is 10.4. The second-order valence-corrected chi connectivity index (χ2v) is 5.57. The Morgan fingerprint density at radius 2 is 1.76 bits per heavy atom. The summed E-state index contributed by atoms with van der Waals surface area (Å²) in [5.41, 5.74) is 0.473. The number of nitro groups is 1. The lowest BCUT2D eigenvalue weighted by Crippen LogP contribution is -2.16. The molecule has 0 heterocycles. The highest BCUT2D eigenvalue weighted by Crippen LogP contribution is 2.27. The first-order chi connectivity index (χ1) is 11.8. The number of hydrogen-bond acceptors (Lipinski definition) is 6. The van der Waals surface area contributed by atoms with Gasteiger partial charge in [0.15, 0.2) is 5.78 Å². The van der Waals surface area contributed by atoms with Crippen LogP contribution in [0, 0.1) is 10.1 Å². The number of anilines is 1. The summed E-state index contributed by atoms with van der Waals surface area (Å²) in [4.78, 5) is 35.6. The Kier molecular flexibility index (Phi) is 5.49. The molecule has 25 heavy (non-hydrogen) atoms. The summed E-state index contributed by atoms with van der Waals surface area (Å²) in [6.45, 7) is 3.42. The van der Waals surface area contributed by atoms with Crippen LogP contribution < -0.4 is 5.32 Å². The van der Waals surface area contributed by atoms with Crippen LogP contribution in [0.1, 0.15) is 40.1 Å². The highest BCUT2D eigenvalue weighted by Gasteiger charge is 2.22. The van der Waals surface area contributed by atoms with Gasteiger partial charge in [0.2, 0.25) is 0 Å². The monoisotopic (exact) mass is 342 g/mol. The molecule has 0 fully saturated rings. The van der Waals surface area contributed by atoms with Crippen LogP contribution in [0.25, 0.3) is 0 Å². The van der Waals surface area contributed by atoms with Crippen molar-refractivity contribution in [3.05, 3.63) is 69.3 Å². The van der Waals surface area contributed by atoms with Crippen LogP contribution in [0.3, 0.4) is 0 Å². The van der Waals surface area contributed by atoms with Crippen molar-refractivity contribution < 1.29 is 19.2 Å². The first-order valence-electron chi connectivity index (χ1n) is 7.66. The lowest BCUT2D eigenvalue weighted by molar-refractivity contribution is -0.384. The Balaban J connectivity index is 2.47. The second-order valence-electron chi connectivity index (χ2n) is 5.57. The molecule has 2 aromatic rings. The Bertz CT molecular complexity index is 830. The SMILES string of the molecule is CNc1ccc(C(=O)c2ccccc2C(=O)OC(C)C)cc1[N+](=O)[O-]. The first kappa shape index (κ1) is 18.1. The van der Waals surface area contributed by atoms with E-state index >= 15 is 0 Å². The molecular formula is C18H18N2O5. The fourth-order valence-electron chi connectivity index (χ4n) is 2.33. The zero-order chi connectivity index (χ0) is 18.6. The first-order valence-corrected chi connectivity index (χ1v) is 7.66. The molecule has 0 aliphatic carbocycles. The quantitative estimate of drug-likeness (QED) is 0.374. The van der Waals surface area contributed by atoms with Crippen LogP contribution >= 0.6 is 0 Å². The van der Waals surface area contributed by atoms with Gasteiger partial charge in [-0.1, -0.05) is 18.2 Å². The van der Waals surface area contributed by atoms with E-state index in [9.17, 15) is 19.7 Å². The average molecular weight is 342 g/mol. The molecule has 2 rings (SSSR count). The maximum Gasteiger partial charge on any atom is 0.339 e. The summed E-state index contributed by atoms with van der Waals surface area (Å²) in [7, 11) is 1.56. The minimum absolute atomic E-state index is 0.121. The van der Waals surface area contributed by atoms with Gasteiger partial charge < -0.3 is 10.1 Å². The topological polar surface area (TPSA) is 98.5 Å². The summed E-state index contributed by atoms with van der Waals surface area (Å²) in [6.07, 6.45) is -0.327. The number of esters is 1. The van der Waals surface area contributed by atoms with Gasteiger partial charge in [0.05, 0.1) is 16.6 Å². The van der Waals surface area contributed by atoms with E-state index in [0.717, 1.165) is 0 Å². The maximum absolute atomic E-state index is 12.8. The fourth-order valence-corrected chi connectivity index (χ4v) is 2.33. The van der Waals surface area contributed by atoms with Crippen LogP contribution in [-0.2, 0) is 4.74 Å². The molecule has 2 aromatic carbocycles. The molecular weight excluding hydrogens is 324 g/mol. The van der Waals surface area contributed by atoms with E-state index in [4.69, 9.17) is 4.74 Å². The van der Waals surface area contributed by atoms with Crippen molar-refractivity contribution in [1.29, 1.82) is 0 Å². The Hall–Kier alpha value is -3.22. The summed E-state index contributed by atoms with van der Waals surface area (Å²) in [5.74, 6) is -1.10. The van der Waals surface area contributed by atoms with Crippen LogP contribution in [-0.4, -0.2) is 29.8 Å². The molecule has 0 aromatic heterocycles. The molecule has 0 bridgehead atoms. The summed E-state index contributed by atoms with van der Waals surface area (Å²) >= 11 is 0. The van der Waals surface area contributed by atoms with Crippen molar-refractivity contribution in [2.75, 3.05) is 12.4 Å². The highest BCUT2D eigenvalue weighted by atomic mass is 16.6. The Labute approximate surface area is 144 Å². The van der Waals surface area contributed by atoms with Gasteiger partial charge in [-0.25, -0.2) is 4.79 Å². The van der Waals surface area contributed by atoms with Gasteiger partial charge in [-0.15, -0.1) is 0 Å². The highest BCUT2D eigenvalue weighted by molar-refractivity contribution is 6.14. The van der Waals surface area contributed by atoms with Gasteiger partial charge in [-0.05, 0) is 32.0 Å². The van der Waals surface area contributed by atoms with Crippen molar-refractivity contribution in [3.8, 4) is 0 Å². The minimum atomic E-state index is -0.611. The third kappa shape index (κ3) is 4.00. The molecule has 0 aliphatic rings. The Morgan fingerprint density at radius 1 is 1.12 bits per heavy atom. The molecule has 0 radical (unpaired) electrons. The summed E-state index contributed by atoms with van der Waals surface area (Å²) < 4.78 is 5.15. The fraction of sp³-hybridized carbons (Fsp3) is 0.222. The molecule has 0 spiro atoms. The summed E-state index contributed by atoms with van der Waals surface area (Å²) in [5, 5.41) is 13.9. The minimum Gasteiger partial charge on any atom is -0.459 e.